The van der Waals surface area contributed by atoms with Gasteiger partial charge < -0.3 is 15.1 Å². The highest BCUT2D eigenvalue weighted by Crippen LogP contribution is 2.15. The zero-order valence-corrected chi connectivity index (χ0v) is 14.7. The Morgan fingerprint density at radius 2 is 1.58 bits per heavy atom. The summed E-state index contributed by atoms with van der Waals surface area (Å²) in [6.45, 7) is 4.35. The fraction of sp³-hybridized carbons (Fsp3) is 0.143. The zero-order valence-electron chi connectivity index (χ0n) is 14.7. The quantitative estimate of drug-likeness (QED) is 0.730. The van der Waals surface area contributed by atoms with Crippen molar-refractivity contribution in [3.8, 4) is 0 Å². The number of anilines is 1. The van der Waals surface area contributed by atoms with Gasteiger partial charge in [0.2, 0.25) is 0 Å². The molecule has 2 aromatic carbocycles. The van der Waals surface area contributed by atoms with Crippen molar-refractivity contribution in [2.45, 2.75) is 20.4 Å². The van der Waals surface area contributed by atoms with E-state index in [9.17, 15) is 9.59 Å². The first-order valence-electron chi connectivity index (χ1n) is 8.32. The normalized spacial score (nSPS) is 10.4. The molecule has 5 heteroatoms. The van der Waals surface area contributed by atoms with Crippen molar-refractivity contribution in [2.75, 3.05) is 5.32 Å². The Balaban J connectivity index is 1.61. The standard InChI is InChI=1S/C21H20N2O3/c1-14-5-10-18(12-15(14)2)23-21(25)17-8-6-16(7-9-17)20(24)22-13-19-4-3-11-26-19/h3-12H,13H2,1-2H3,(H,22,24)(H,23,25). The lowest BCUT2D eigenvalue weighted by Gasteiger charge is -2.08. The van der Waals surface area contributed by atoms with Crippen molar-refractivity contribution >= 4 is 17.5 Å². The summed E-state index contributed by atoms with van der Waals surface area (Å²) in [7, 11) is 0. The van der Waals surface area contributed by atoms with E-state index in [-0.39, 0.29) is 11.8 Å². The van der Waals surface area contributed by atoms with E-state index in [1.165, 1.54) is 5.56 Å². The second kappa shape index (κ2) is 7.70. The van der Waals surface area contributed by atoms with Gasteiger partial charge in [-0.3, -0.25) is 9.59 Å². The third-order valence-electron chi connectivity index (χ3n) is 4.18. The van der Waals surface area contributed by atoms with Gasteiger partial charge in [0.25, 0.3) is 11.8 Å². The van der Waals surface area contributed by atoms with E-state index in [0.717, 1.165) is 11.3 Å². The van der Waals surface area contributed by atoms with E-state index in [1.807, 2.05) is 32.0 Å². The fourth-order valence-corrected chi connectivity index (χ4v) is 2.48. The number of nitrogens with one attached hydrogen (secondary N) is 2. The molecule has 0 aliphatic heterocycles. The molecule has 0 saturated carbocycles. The highest BCUT2D eigenvalue weighted by atomic mass is 16.3. The van der Waals surface area contributed by atoms with Gasteiger partial charge in [-0.25, -0.2) is 0 Å². The largest absolute Gasteiger partial charge is 0.467 e. The van der Waals surface area contributed by atoms with E-state index < -0.39 is 0 Å². The molecule has 0 radical (unpaired) electrons. The maximum absolute atomic E-state index is 12.3. The summed E-state index contributed by atoms with van der Waals surface area (Å²) in [5.74, 6) is 0.251. The van der Waals surface area contributed by atoms with Gasteiger partial charge in [-0.2, -0.15) is 0 Å². The molecule has 0 atom stereocenters. The maximum Gasteiger partial charge on any atom is 0.255 e. The van der Waals surface area contributed by atoms with E-state index in [4.69, 9.17) is 4.42 Å². The summed E-state index contributed by atoms with van der Waals surface area (Å²) in [4.78, 5) is 24.5. The van der Waals surface area contributed by atoms with Gasteiger partial charge in [-0.1, -0.05) is 6.07 Å². The Morgan fingerprint density at radius 1 is 0.885 bits per heavy atom. The first-order chi connectivity index (χ1) is 12.5. The number of furan rings is 1. The lowest BCUT2D eigenvalue weighted by molar-refractivity contribution is 0.0946. The summed E-state index contributed by atoms with van der Waals surface area (Å²) >= 11 is 0. The molecule has 132 valence electrons. The van der Waals surface area contributed by atoms with E-state index in [2.05, 4.69) is 10.6 Å². The average molecular weight is 348 g/mol. The Bertz CT molecular complexity index is 913. The van der Waals surface area contributed by atoms with Crippen molar-refractivity contribution in [2.24, 2.45) is 0 Å². The van der Waals surface area contributed by atoms with Crippen molar-refractivity contribution in [1.29, 1.82) is 0 Å². The highest BCUT2D eigenvalue weighted by Gasteiger charge is 2.10. The second-order valence-corrected chi connectivity index (χ2v) is 6.09. The van der Waals surface area contributed by atoms with Gasteiger partial charge in [0.15, 0.2) is 0 Å². The SMILES string of the molecule is Cc1ccc(NC(=O)c2ccc(C(=O)NCc3ccco3)cc2)cc1C. The van der Waals surface area contributed by atoms with Gasteiger partial charge >= 0.3 is 0 Å². The molecule has 1 heterocycles. The molecule has 0 unspecified atom stereocenters. The smallest absolute Gasteiger partial charge is 0.255 e. The minimum absolute atomic E-state index is 0.212. The van der Waals surface area contributed by atoms with Crippen LogP contribution >= 0.6 is 0 Å². The molecule has 0 fully saturated rings. The number of hydrogen-bond acceptors (Lipinski definition) is 3. The summed E-state index contributed by atoms with van der Waals surface area (Å²) in [5, 5.41) is 5.63. The van der Waals surface area contributed by atoms with Crippen molar-refractivity contribution in [3.63, 3.8) is 0 Å². The van der Waals surface area contributed by atoms with Crippen LogP contribution in [0.15, 0.2) is 65.3 Å². The van der Waals surface area contributed by atoms with E-state index in [1.54, 1.807) is 42.7 Å². The molecule has 0 aliphatic carbocycles. The lowest BCUT2D eigenvalue weighted by atomic mass is 10.1. The van der Waals surface area contributed by atoms with Gasteiger partial charge in [0, 0.05) is 16.8 Å². The fourth-order valence-electron chi connectivity index (χ4n) is 2.48. The highest BCUT2D eigenvalue weighted by molar-refractivity contribution is 6.05. The van der Waals surface area contributed by atoms with Crippen LogP contribution in [0, 0.1) is 13.8 Å². The number of hydrogen-bond donors (Lipinski definition) is 2. The first-order valence-corrected chi connectivity index (χ1v) is 8.32. The summed E-state index contributed by atoms with van der Waals surface area (Å²) < 4.78 is 5.17. The second-order valence-electron chi connectivity index (χ2n) is 6.09. The van der Waals surface area contributed by atoms with Crippen LogP contribution in [0.1, 0.15) is 37.6 Å². The number of aryl methyl sites for hydroxylation is 2. The molecule has 3 rings (SSSR count). The van der Waals surface area contributed by atoms with Gasteiger partial charge in [0.05, 0.1) is 12.8 Å². The Kier molecular flexibility index (Phi) is 5.17. The van der Waals surface area contributed by atoms with Crippen LogP contribution in [0.4, 0.5) is 5.69 Å². The van der Waals surface area contributed by atoms with Crippen LogP contribution in [0.3, 0.4) is 0 Å². The average Bonchev–Trinajstić information content (AvgIpc) is 3.16. The van der Waals surface area contributed by atoms with Crippen molar-refractivity contribution < 1.29 is 14.0 Å². The molecular formula is C21H20N2O3. The van der Waals surface area contributed by atoms with Crippen molar-refractivity contribution in [1.82, 2.24) is 5.32 Å². The topological polar surface area (TPSA) is 71.3 Å². The minimum atomic E-state index is -0.220. The minimum Gasteiger partial charge on any atom is -0.467 e. The van der Waals surface area contributed by atoms with Crippen LogP contribution in [-0.4, -0.2) is 11.8 Å². The third-order valence-corrected chi connectivity index (χ3v) is 4.18. The van der Waals surface area contributed by atoms with Gasteiger partial charge in [-0.15, -0.1) is 0 Å². The molecule has 1 aromatic heterocycles. The van der Waals surface area contributed by atoms with Crippen LogP contribution < -0.4 is 10.6 Å². The summed E-state index contributed by atoms with van der Waals surface area (Å²) in [5.41, 5.74) is 4.02. The molecule has 2 amide bonds. The van der Waals surface area contributed by atoms with Crippen LogP contribution in [0.25, 0.3) is 0 Å². The Hall–Kier alpha value is -3.34. The van der Waals surface area contributed by atoms with Gasteiger partial charge in [-0.05, 0) is 73.5 Å². The summed E-state index contributed by atoms with van der Waals surface area (Å²) in [6, 6.07) is 15.9. The molecule has 2 N–H and O–H groups in total. The molecular weight excluding hydrogens is 328 g/mol. The molecule has 5 nitrogen and oxygen atoms in total. The predicted molar refractivity (Wildman–Crippen MR) is 100 cm³/mol. The summed E-state index contributed by atoms with van der Waals surface area (Å²) in [6.07, 6.45) is 1.56. The van der Waals surface area contributed by atoms with E-state index in [0.29, 0.717) is 23.4 Å². The number of carbonyl (C=O) groups excluding carboxylic acids is 2. The monoisotopic (exact) mass is 348 g/mol. The predicted octanol–water partition coefficient (Wildman–Crippen LogP) is 4.08. The molecule has 0 spiro atoms. The third kappa shape index (κ3) is 4.19. The Morgan fingerprint density at radius 3 is 2.19 bits per heavy atom. The Labute approximate surface area is 152 Å². The number of benzene rings is 2. The van der Waals surface area contributed by atoms with E-state index >= 15 is 0 Å². The van der Waals surface area contributed by atoms with Crippen molar-refractivity contribution in [3.05, 3.63) is 88.9 Å². The molecule has 3 aromatic rings. The first kappa shape index (κ1) is 17.5. The zero-order chi connectivity index (χ0) is 18.5. The number of carbonyl (C=O) groups is 2. The molecule has 26 heavy (non-hydrogen) atoms. The van der Waals surface area contributed by atoms with Crippen LogP contribution in [0.5, 0.6) is 0 Å². The maximum atomic E-state index is 12.3. The lowest BCUT2D eigenvalue weighted by Crippen LogP contribution is -2.22. The number of amides is 2. The van der Waals surface area contributed by atoms with Gasteiger partial charge in [0.1, 0.15) is 5.76 Å². The van der Waals surface area contributed by atoms with Crippen LogP contribution in [-0.2, 0) is 6.54 Å². The van der Waals surface area contributed by atoms with Crippen LogP contribution in [0.2, 0.25) is 0 Å². The molecule has 0 bridgehead atoms. The molecule has 0 aliphatic rings. The molecule has 0 saturated heterocycles. The number of rotatable bonds is 5.